The van der Waals surface area contributed by atoms with Crippen molar-refractivity contribution >= 4 is 28.6 Å². The van der Waals surface area contributed by atoms with Crippen LogP contribution in [-0.4, -0.2) is 43.9 Å². The molecule has 15 heteroatoms. The molecule has 0 radical (unpaired) electrons. The fourth-order valence-corrected chi connectivity index (χ4v) is 2.70. The summed E-state index contributed by atoms with van der Waals surface area (Å²) in [6.45, 7) is 0. The van der Waals surface area contributed by atoms with Crippen LogP contribution in [0.4, 0.5) is 57.1 Å². The van der Waals surface area contributed by atoms with E-state index >= 15 is 0 Å². The molecule has 0 saturated carbocycles. The monoisotopic (exact) mass is 510 g/mol. The van der Waals surface area contributed by atoms with Crippen LogP contribution in [0.25, 0.3) is 0 Å². The normalized spacial score (nSPS) is 15.2. The molecule has 156 valence electrons. The van der Waals surface area contributed by atoms with E-state index in [1.807, 2.05) is 0 Å². The topological polar surface area (TPSA) is 0 Å². The Hall–Kier alpha value is -0.881. The molecule has 0 nitrogen and oxygen atoms in total. The van der Waals surface area contributed by atoms with Crippen LogP contribution >= 0.6 is 10.1 Å². The van der Waals surface area contributed by atoms with E-state index in [1.165, 1.54) is 0 Å². The van der Waals surface area contributed by atoms with Gasteiger partial charge in [0.2, 0.25) is 0 Å². The third-order valence-electron chi connectivity index (χ3n) is 3.24. The average Bonchev–Trinajstić information content (AvgIpc) is 2.53. The maximum atomic E-state index is 13.8. The van der Waals surface area contributed by atoms with E-state index in [2.05, 4.69) is 0 Å². The molecular formula is C12H4ClF13Se. The third kappa shape index (κ3) is 3.48. The van der Waals surface area contributed by atoms with Crippen molar-refractivity contribution in [2.45, 2.75) is 35.8 Å². The van der Waals surface area contributed by atoms with Crippen molar-refractivity contribution in [1.29, 1.82) is 0 Å². The van der Waals surface area contributed by atoms with Gasteiger partial charge >= 0.3 is 151 Å². The molecule has 0 fully saturated rings. The fourth-order valence-electron chi connectivity index (χ4n) is 1.67. The van der Waals surface area contributed by atoms with E-state index in [1.54, 1.807) is 0 Å². The Morgan fingerprint density at radius 2 is 0.926 bits per heavy atom. The predicted molar refractivity (Wildman–Crippen MR) is 67.4 cm³/mol. The number of rotatable bonds is 6. The van der Waals surface area contributed by atoms with Crippen LogP contribution in [-0.2, 0) is 5.92 Å². The molecular weight excluding hydrogens is 506 g/mol. The van der Waals surface area contributed by atoms with Crippen molar-refractivity contribution < 1.29 is 57.1 Å². The molecule has 0 aromatic heterocycles. The minimum atomic E-state index is -7.90. The quantitative estimate of drug-likeness (QED) is 0.358. The molecule has 0 saturated heterocycles. The van der Waals surface area contributed by atoms with Crippen molar-refractivity contribution in [3.05, 3.63) is 29.8 Å². The number of halogens is 14. The molecule has 0 amide bonds. The number of hydrogen-bond donors (Lipinski definition) is 0. The molecule has 1 aromatic carbocycles. The van der Waals surface area contributed by atoms with Crippen LogP contribution in [0.15, 0.2) is 24.3 Å². The summed E-state index contributed by atoms with van der Waals surface area (Å²) in [4.78, 5) is 0. The van der Waals surface area contributed by atoms with Crippen molar-refractivity contribution in [3.8, 4) is 0 Å². The first-order valence-electron chi connectivity index (χ1n) is 6.14. The first-order valence-corrected chi connectivity index (χ1v) is 9.24. The van der Waals surface area contributed by atoms with E-state index < -0.39 is 55.4 Å². The molecule has 0 N–H and O–H groups in total. The van der Waals surface area contributed by atoms with Crippen LogP contribution in [0.3, 0.4) is 0 Å². The Balaban J connectivity index is 3.52. The van der Waals surface area contributed by atoms with Crippen molar-refractivity contribution in [3.63, 3.8) is 0 Å². The molecule has 0 heterocycles. The van der Waals surface area contributed by atoms with Gasteiger partial charge in [-0.2, -0.15) is 0 Å². The van der Waals surface area contributed by atoms with E-state index in [4.69, 9.17) is 10.1 Å². The summed E-state index contributed by atoms with van der Waals surface area (Å²) in [7, 11) is 5.33. The summed E-state index contributed by atoms with van der Waals surface area (Å²) < 4.78 is 169. The van der Waals surface area contributed by atoms with E-state index in [-0.39, 0.29) is 16.6 Å². The van der Waals surface area contributed by atoms with Gasteiger partial charge in [-0.1, -0.05) is 0 Å². The van der Waals surface area contributed by atoms with Crippen molar-refractivity contribution in [2.75, 3.05) is 0 Å². The third-order valence-corrected chi connectivity index (χ3v) is 5.11. The molecule has 0 atom stereocenters. The van der Waals surface area contributed by atoms with Gasteiger partial charge in [0.05, 0.1) is 0 Å². The second-order valence-electron chi connectivity index (χ2n) is 4.97. The predicted octanol–water partition coefficient (Wildman–Crippen LogP) is 5.37. The Morgan fingerprint density at radius 3 is 1.26 bits per heavy atom. The van der Waals surface area contributed by atoms with Gasteiger partial charge in [-0.3, -0.25) is 0 Å². The molecule has 1 aromatic rings. The van der Waals surface area contributed by atoms with E-state index in [9.17, 15) is 57.1 Å². The van der Waals surface area contributed by atoms with Crippen LogP contribution < -0.4 is 4.46 Å². The second-order valence-corrected chi connectivity index (χ2v) is 7.09. The zero-order valence-corrected chi connectivity index (χ0v) is 14.5. The standard InChI is InChI=1S/C12H4ClF13Se/c13-27-6-3-1-5(2-4-6)7(14,15)8(16,17)9(18,19)10(20,21)11(22,23)12(24,25)26/h1-4H. The molecule has 27 heavy (non-hydrogen) atoms. The van der Waals surface area contributed by atoms with Crippen LogP contribution in [0.5, 0.6) is 0 Å². The Kier molecular flexibility index (Phi) is 6.15. The van der Waals surface area contributed by atoms with Crippen LogP contribution in [0.2, 0.25) is 0 Å². The summed E-state index contributed by atoms with van der Waals surface area (Å²) in [5.74, 6) is -37.0. The zero-order valence-electron chi connectivity index (χ0n) is 12.0. The summed E-state index contributed by atoms with van der Waals surface area (Å²) >= 11 is -0.887. The van der Waals surface area contributed by atoms with Crippen molar-refractivity contribution in [1.82, 2.24) is 0 Å². The number of alkyl halides is 13. The summed E-state index contributed by atoms with van der Waals surface area (Å²) in [5.41, 5.74) is -2.03. The Bertz CT molecular complexity index is 665. The number of hydrogen-bond acceptors (Lipinski definition) is 0. The first-order chi connectivity index (χ1) is 11.8. The molecule has 0 aliphatic carbocycles. The van der Waals surface area contributed by atoms with Crippen LogP contribution in [0, 0.1) is 0 Å². The first kappa shape index (κ1) is 24.2. The molecule has 0 spiro atoms. The second kappa shape index (κ2) is 6.87. The van der Waals surface area contributed by atoms with Gasteiger partial charge in [0.1, 0.15) is 0 Å². The van der Waals surface area contributed by atoms with Gasteiger partial charge in [0, 0.05) is 0 Å². The van der Waals surface area contributed by atoms with Gasteiger partial charge in [0.15, 0.2) is 0 Å². The minimum absolute atomic E-state index is 0.0627. The van der Waals surface area contributed by atoms with Gasteiger partial charge in [-0.15, -0.1) is 0 Å². The van der Waals surface area contributed by atoms with E-state index in [0.717, 1.165) is 0 Å². The molecule has 0 bridgehead atoms. The maximum absolute atomic E-state index is 13.8. The zero-order chi connectivity index (χ0) is 21.7. The Morgan fingerprint density at radius 1 is 0.556 bits per heavy atom. The van der Waals surface area contributed by atoms with Crippen molar-refractivity contribution in [2.24, 2.45) is 0 Å². The SMILES string of the molecule is FC(F)(F)C(F)(F)C(F)(F)C(F)(F)C(F)(F)C(F)(F)c1ccc([Se]Cl)cc1. The van der Waals surface area contributed by atoms with Crippen LogP contribution in [0.1, 0.15) is 5.56 Å². The average molecular weight is 510 g/mol. The molecule has 1 rings (SSSR count). The van der Waals surface area contributed by atoms with Gasteiger partial charge in [-0.25, -0.2) is 0 Å². The summed E-state index contributed by atoms with van der Waals surface area (Å²) in [6, 6.07) is 1.41. The summed E-state index contributed by atoms with van der Waals surface area (Å²) in [5, 5.41) is 0. The molecule has 0 aliphatic rings. The Labute approximate surface area is 152 Å². The summed E-state index contributed by atoms with van der Waals surface area (Å²) in [6.07, 6.45) is -7.42. The van der Waals surface area contributed by atoms with Gasteiger partial charge in [-0.05, 0) is 0 Å². The van der Waals surface area contributed by atoms with Gasteiger partial charge in [0.25, 0.3) is 0 Å². The fraction of sp³-hybridized carbons (Fsp3) is 0.500. The molecule has 0 aliphatic heterocycles. The molecule has 0 unspecified atom stereocenters. The van der Waals surface area contributed by atoms with Gasteiger partial charge < -0.3 is 0 Å². The number of benzene rings is 1. The van der Waals surface area contributed by atoms with E-state index in [0.29, 0.717) is 12.1 Å².